The van der Waals surface area contributed by atoms with Gasteiger partial charge in [0, 0.05) is 0 Å². The number of carbonyl (C=O) groups excluding carboxylic acids is 1. The molecule has 3 aliphatic rings. The second-order valence-corrected chi connectivity index (χ2v) is 5.89. The first-order valence-corrected chi connectivity index (χ1v) is 6.65. The Morgan fingerprint density at radius 3 is 2.55 bits per heavy atom. The standard InChI is InChI=1S/C11H18N4O7/c12-7-2-6-10(21,1-16)3(17)4(18)11(2,15-9(13)14-7)5(19)8(20)22-6/h2-7,16-19,21H,1,12H2,(H3,13,14,15)/t2-,3-,4+,5-,6-,7+,10-,11?/m1/s1. The van der Waals surface area contributed by atoms with Crippen molar-refractivity contribution in [1.82, 2.24) is 5.32 Å². The molecule has 8 atom stereocenters. The number of nitrogens with two attached hydrogens (primary N) is 2. The van der Waals surface area contributed by atoms with Gasteiger partial charge in [0.15, 0.2) is 17.7 Å². The Hall–Kier alpha value is -1.50. The minimum Gasteiger partial charge on any atom is -0.457 e. The molecule has 1 aliphatic carbocycles. The summed E-state index contributed by atoms with van der Waals surface area (Å²) in [5.41, 5.74) is 7.19. The van der Waals surface area contributed by atoms with Gasteiger partial charge < -0.3 is 47.1 Å². The van der Waals surface area contributed by atoms with Crippen LogP contribution in [0, 0.1) is 5.92 Å². The highest BCUT2D eigenvalue weighted by atomic mass is 16.6. The molecule has 22 heavy (non-hydrogen) atoms. The second kappa shape index (κ2) is 4.50. The fourth-order valence-electron chi connectivity index (χ4n) is 3.73. The first-order chi connectivity index (χ1) is 10.2. The Labute approximate surface area is 124 Å². The maximum Gasteiger partial charge on any atom is 0.337 e. The van der Waals surface area contributed by atoms with Gasteiger partial charge in [0.05, 0.1) is 12.5 Å². The number of hydrogen-bond donors (Lipinski definition) is 8. The predicted octanol–water partition coefficient (Wildman–Crippen LogP) is -5.71. The van der Waals surface area contributed by atoms with Crippen LogP contribution in [0.1, 0.15) is 0 Å². The van der Waals surface area contributed by atoms with Crippen LogP contribution in [0.25, 0.3) is 0 Å². The number of guanidine groups is 1. The van der Waals surface area contributed by atoms with Crippen LogP contribution in [-0.4, -0.2) is 85.8 Å². The van der Waals surface area contributed by atoms with Gasteiger partial charge in [-0.2, -0.15) is 0 Å². The largest absolute Gasteiger partial charge is 0.457 e. The summed E-state index contributed by atoms with van der Waals surface area (Å²) < 4.78 is 4.96. The zero-order valence-corrected chi connectivity index (χ0v) is 11.3. The quantitative estimate of drug-likeness (QED) is 0.215. The zero-order valence-electron chi connectivity index (χ0n) is 11.3. The van der Waals surface area contributed by atoms with Gasteiger partial charge in [-0.1, -0.05) is 0 Å². The van der Waals surface area contributed by atoms with E-state index < -0.39 is 60.2 Å². The van der Waals surface area contributed by atoms with E-state index in [2.05, 4.69) is 10.3 Å². The van der Waals surface area contributed by atoms with E-state index in [0.717, 1.165) is 0 Å². The highest BCUT2D eigenvalue weighted by Gasteiger charge is 2.75. The summed E-state index contributed by atoms with van der Waals surface area (Å²) in [6.45, 7) is -1.00. The van der Waals surface area contributed by atoms with E-state index in [0.29, 0.717) is 0 Å². The Morgan fingerprint density at radius 1 is 1.32 bits per heavy atom. The summed E-state index contributed by atoms with van der Waals surface area (Å²) >= 11 is 0. The lowest BCUT2D eigenvalue weighted by molar-refractivity contribution is -0.301. The smallest absolute Gasteiger partial charge is 0.337 e. The van der Waals surface area contributed by atoms with Crippen LogP contribution in [0.4, 0.5) is 0 Å². The van der Waals surface area contributed by atoms with Crippen LogP contribution in [-0.2, 0) is 9.53 Å². The number of aliphatic hydroxyl groups is 5. The summed E-state index contributed by atoms with van der Waals surface area (Å²) in [4.78, 5) is 15.7. The molecule has 1 saturated carbocycles. The van der Waals surface area contributed by atoms with Crippen LogP contribution in [0.5, 0.6) is 0 Å². The molecule has 11 nitrogen and oxygen atoms in total. The number of nitrogens with zero attached hydrogens (tertiary/aromatic N) is 1. The Bertz CT molecular complexity index is 545. The molecule has 0 aromatic heterocycles. The molecule has 11 heteroatoms. The lowest BCUT2D eigenvalue weighted by atomic mass is 9.57. The lowest BCUT2D eigenvalue weighted by Crippen LogP contribution is -2.89. The molecule has 3 rings (SSSR count). The number of aliphatic imine (C=N–C) groups is 1. The van der Waals surface area contributed by atoms with Crippen molar-refractivity contribution in [2.24, 2.45) is 22.4 Å². The first kappa shape index (κ1) is 15.4. The van der Waals surface area contributed by atoms with Crippen molar-refractivity contribution >= 4 is 11.9 Å². The molecule has 1 unspecified atom stereocenters. The molecule has 2 bridgehead atoms. The van der Waals surface area contributed by atoms with Gasteiger partial charge in [-0.15, -0.1) is 0 Å². The number of ether oxygens (including phenoxy) is 1. The Morgan fingerprint density at radius 2 is 1.95 bits per heavy atom. The van der Waals surface area contributed by atoms with Gasteiger partial charge in [0.25, 0.3) is 0 Å². The van der Waals surface area contributed by atoms with Crippen molar-refractivity contribution in [3.05, 3.63) is 0 Å². The fraction of sp³-hybridized carbons (Fsp3) is 0.818. The third-order valence-corrected chi connectivity index (χ3v) is 4.84. The molecular formula is C11H18N4O7. The van der Waals surface area contributed by atoms with Crippen molar-refractivity contribution in [3.8, 4) is 0 Å². The average molecular weight is 318 g/mol. The maximum atomic E-state index is 11.9. The van der Waals surface area contributed by atoms with Crippen molar-refractivity contribution in [2.45, 2.75) is 41.7 Å². The number of hydrogen-bond acceptors (Lipinski definition) is 11. The van der Waals surface area contributed by atoms with Gasteiger partial charge in [-0.25, -0.2) is 9.79 Å². The zero-order chi connectivity index (χ0) is 16.4. The van der Waals surface area contributed by atoms with Gasteiger partial charge in [0.2, 0.25) is 0 Å². The molecule has 0 spiro atoms. The molecule has 2 fully saturated rings. The van der Waals surface area contributed by atoms with Crippen molar-refractivity contribution < 1.29 is 35.1 Å². The molecule has 0 aromatic carbocycles. The minimum atomic E-state index is -2.36. The van der Waals surface area contributed by atoms with Crippen molar-refractivity contribution in [2.75, 3.05) is 6.61 Å². The van der Waals surface area contributed by atoms with Crippen LogP contribution in [0.3, 0.4) is 0 Å². The number of rotatable bonds is 1. The van der Waals surface area contributed by atoms with Gasteiger partial charge in [0.1, 0.15) is 30.0 Å². The molecular weight excluding hydrogens is 300 g/mol. The minimum absolute atomic E-state index is 0.239. The molecule has 2 aliphatic heterocycles. The SMILES string of the molecule is NC1=N[C@H](N)[C@H]2[C@H]3OC(=O)[C@@H](O)C2(N1)[C@@H](O)[C@@H](O)[C@]3(O)CO. The van der Waals surface area contributed by atoms with E-state index >= 15 is 0 Å². The van der Waals surface area contributed by atoms with Gasteiger partial charge in [-0.3, -0.25) is 0 Å². The molecule has 10 N–H and O–H groups in total. The van der Waals surface area contributed by atoms with E-state index in [1.807, 2.05) is 0 Å². The summed E-state index contributed by atoms with van der Waals surface area (Å²) in [6, 6.07) is 0. The van der Waals surface area contributed by atoms with E-state index in [1.165, 1.54) is 0 Å². The van der Waals surface area contributed by atoms with Crippen LogP contribution < -0.4 is 16.8 Å². The number of esters is 1. The second-order valence-electron chi connectivity index (χ2n) is 5.89. The number of nitrogens with one attached hydrogen (secondary N) is 1. The van der Waals surface area contributed by atoms with E-state index in [1.54, 1.807) is 0 Å². The summed E-state index contributed by atoms with van der Waals surface area (Å²) in [5.74, 6) is -2.51. The molecule has 0 radical (unpaired) electrons. The lowest BCUT2D eigenvalue weighted by Gasteiger charge is -2.63. The summed E-state index contributed by atoms with van der Waals surface area (Å²) in [7, 11) is 0. The predicted molar refractivity (Wildman–Crippen MR) is 68.9 cm³/mol. The van der Waals surface area contributed by atoms with Crippen molar-refractivity contribution in [3.63, 3.8) is 0 Å². The third-order valence-electron chi connectivity index (χ3n) is 4.84. The Balaban J connectivity index is 2.23. The molecule has 0 amide bonds. The molecule has 124 valence electrons. The normalized spacial score (nSPS) is 53.9. The van der Waals surface area contributed by atoms with Crippen LogP contribution in [0.2, 0.25) is 0 Å². The maximum absolute atomic E-state index is 11.9. The highest BCUT2D eigenvalue weighted by molar-refractivity contribution is 5.85. The molecule has 0 aromatic rings. The monoisotopic (exact) mass is 318 g/mol. The van der Waals surface area contributed by atoms with Crippen LogP contribution >= 0.6 is 0 Å². The Kier molecular flexibility index (Phi) is 3.15. The third kappa shape index (κ3) is 1.55. The average Bonchev–Trinajstić information content (AvgIpc) is 2.47. The fourth-order valence-corrected chi connectivity index (χ4v) is 3.73. The topological polar surface area (TPSA) is 204 Å². The number of carbonyl (C=O) groups is 1. The van der Waals surface area contributed by atoms with E-state index in [-0.39, 0.29) is 5.96 Å². The summed E-state index contributed by atoms with van der Waals surface area (Å²) in [6.07, 6.45) is -8.33. The van der Waals surface area contributed by atoms with Crippen molar-refractivity contribution in [1.29, 1.82) is 0 Å². The summed E-state index contributed by atoms with van der Waals surface area (Å²) in [5, 5.41) is 53.3. The van der Waals surface area contributed by atoms with Gasteiger partial charge in [-0.05, 0) is 0 Å². The van der Waals surface area contributed by atoms with E-state index in [9.17, 15) is 30.3 Å². The number of aliphatic hydroxyl groups excluding tert-OH is 4. The van der Waals surface area contributed by atoms with Crippen LogP contribution in [0.15, 0.2) is 4.99 Å². The van der Waals surface area contributed by atoms with E-state index in [4.69, 9.17) is 16.2 Å². The van der Waals surface area contributed by atoms with Gasteiger partial charge >= 0.3 is 5.97 Å². The first-order valence-electron chi connectivity index (χ1n) is 6.65. The molecule has 1 saturated heterocycles. The highest BCUT2D eigenvalue weighted by Crippen LogP contribution is 2.49. The molecule has 2 heterocycles.